The van der Waals surface area contributed by atoms with E-state index in [1.54, 1.807) is 13.8 Å². The predicted molar refractivity (Wildman–Crippen MR) is 109 cm³/mol. The van der Waals surface area contributed by atoms with Crippen LogP contribution in [0.4, 0.5) is 0 Å². The van der Waals surface area contributed by atoms with E-state index in [1.165, 1.54) is 11.8 Å². The number of thioether (sulfide) groups is 1. The van der Waals surface area contributed by atoms with Crippen molar-refractivity contribution in [1.82, 2.24) is 16.0 Å². The average Bonchev–Trinajstić information content (AvgIpc) is 2.62. The number of hydrogen-bond acceptors (Lipinski definition) is 7. The molecular formula is C17H31N5O6S. The van der Waals surface area contributed by atoms with Gasteiger partial charge in [0.15, 0.2) is 0 Å². The van der Waals surface area contributed by atoms with Crippen LogP contribution in [0.5, 0.6) is 0 Å². The number of aliphatic carboxylic acids is 1. The van der Waals surface area contributed by atoms with Gasteiger partial charge in [-0.25, -0.2) is 4.79 Å². The molecule has 0 saturated heterocycles. The van der Waals surface area contributed by atoms with Gasteiger partial charge < -0.3 is 32.5 Å². The maximum Gasteiger partial charge on any atom is 0.326 e. The van der Waals surface area contributed by atoms with E-state index in [0.29, 0.717) is 5.75 Å². The van der Waals surface area contributed by atoms with Crippen molar-refractivity contribution >= 4 is 41.4 Å². The summed E-state index contributed by atoms with van der Waals surface area (Å²) >= 11 is 1.45. The van der Waals surface area contributed by atoms with Crippen LogP contribution in [0.2, 0.25) is 0 Å². The molecule has 3 unspecified atom stereocenters. The summed E-state index contributed by atoms with van der Waals surface area (Å²) in [5.74, 6) is -3.65. The molecule has 0 aliphatic carbocycles. The van der Waals surface area contributed by atoms with E-state index in [4.69, 9.17) is 11.5 Å². The lowest BCUT2D eigenvalue weighted by Gasteiger charge is -2.24. The van der Waals surface area contributed by atoms with Crippen molar-refractivity contribution in [2.24, 2.45) is 17.4 Å². The molecule has 0 aliphatic heterocycles. The highest BCUT2D eigenvalue weighted by Gasteiger charge is 2.30. The van der Waals surface area contributed by atoms with Gasteiger partial charge in [0.25, 0.3) is 0 Å². The van der Waals surface area contributed by atoms with E-state index in [9.17, 15) is 29.1 Å². The zero-order valence-corrected chi connectivity index (χ0v) is 17.7. The number of amides is 4. The van der Waals surface area contributed by atoms with Crippen molar-refractivity contribution in [2.45, 2.75) is 51.2 Å². The molecule has 8 N–H and O–H groups in total. The van der Waals surface area contributed by atoms with Crippen molar-refractivity contribution in [3.05, 3.63) is 0 Å². The number of hydrogen-bond donors (Lipinski definition) is 6. The fourth-order valence-corrected chi connectivity index (χ4v) is 2.88. The molecule has 0 saturated carbocycles. The second-order valence-corrected chi connectivity index (χ2v) is 7.85. The second-order valence-electron chi connectivity index (χ2n) is 6.87. The minimum absolute atomic E-state index is 0.0111. The van der Waals surface area contributed by atoms with Gasteiger partial charge in [-0.05, 0) is 30.8 Å². The van der Waals surface area contributed by atoms with Gasteiger partial charge in [-0.3, -0.25) is 19.2 Å². The normalized spacial score (nSPS) is 13.8. The highest BCUT2D eigenvalue weighted by atomic mass is 32.2. The summed E-state index contributed by atoms with van der Waals surface area (Å²) < 4.78 is 0. The largest absolute Gasteiger partial charge is 0.480 e. The molecule has 0 aliphatic rings. The zero-order valence-electron chi connectivity index (χ0n) is 16.9. The van der Waals surface area contributed by atoms with Gasteiger partial charge >= 0.3 is 5.97 Å². The van der Waals surface area contributed by atoms with Crippen LogP contribution in [0.25, 0.3) is 0 Å². The SMILES string of the molecule is CSCCC(NC(=O)CN)C(=O)NC(CC(N)=O)C(=O)NC(CC(C)C)C(=O)O. The third-order valence-electron chi connectivity index (χ3n) is 3.81. The van der Waals surface area contributed by atoms with Crippen LogP contribution >= 0.6 is 11.8 Å². The van der Waals surface area contributed by atoms with Crippen LogP contribution in [0.1, 0.15) is 33.1 Å². The summed E-state index contributed by atoms with van der Waals surface area (Å²) in [7, 11) is 0. The molecule has 0 aromatic carbocycles. The van der Waals surface area contributed by atoms with Gasteiger partial charge in [-0.15, -0.1) is 0 Å². The van der Waals surface area contributed by atoms with Crippen molar-refractivity contribution in [2.75, 3.05) is 18.6 Å². The van der Waals surface area contributed by atoms with Crippen LogP contribution in [0.3, 0.4) is 0 Å². The van der Waals surface area contributed by atoms with Crippen molar-refractivity contribution in [1.29, 1.82) is 0 Å². The number of nitrogens with one attached hydrogen (secondary N) is 3. The number of carbonyl (C=O) groups is 5. The van der Waals surface area contributed by atoms with E-state index in [1.807, 2.05) is 6.26 Å². The van der Waals surface area contributed by atoms with Gasteiger partial charge in [0, 0.05) is 0 Å². The zero-order chi connectivity index (χ0) is 22.6. The molecule has 0 aromatic heterocycles. The number of carbonyl (C=O) groups excluding carboxylic acids is 4. The first-order valence-corrected chi connectivity index (χ1v) is 10.5. The monoisotopic (exact) mass is 433 g/mol. The summed E-state index contributed by atoms with van der Waals surface area (Å²) in [6, 6.07) is -3.52. The lowest BCUT2D eigenvalue weighted by atomic mass is 10.0. The molecule has 11 nitrogen and oxygen atoms in total. The van der Waals surface area contributed by atoms with Crippen LogP contribution in [0, 0.1) is 5.92 Å². The first-order chi connectivity index (χ1) is 13.5. The van der Waals surface area contributed by atoms with Crippen LogP contribution in [-0.4, -0.2) is 71.4 Å². The maximum absolute atomic E-state index is 12.6. The van der Waals surface area contributed by atoms with Crippen LogP contribution in [0.15, 0.2) is 0 Å². The van der Waals surface area contributed by atoms with Crippen molar-refractivity contribution in [3.8, 4) is 0 Å². The van der Waals surface area contributed by atoms with Crippen molar-refractivity contribution in [3.63, 3.8) is 0 Å². The fraction of sp³-hybridized carbons (Fsp3) is 0.706. The summed E-state index contributed by atoms with van der Waals surface area (Å²) in [4.78, 5) is 59.4. The fourth-order valence-electron chi connectivity index (χ4n) is 2.41. The standard InChI is InChI=1S/C17H31N5O6S/c1-9(2)6-12(17(27)28)22-16(26)11(7-13(19)23)21-15(25)10(4-5-29-3)20-14(24)8-18/h9-12H,4-8,18H2,1-3H3,(H2,19,23)(H,20,24)(H,21,25)(H,22,26)(H,27,28). The molecule has 29 heavy (non-hydrogen) atoms. The maximum atomic E-state index is 12.6. The Bertz CT molecular complexity index is 601. The van der Waals surface area contributed by atoms with Crippen LogP contribution in [-0.2, 0) is 24.0 Å². The van der Waals surface area contributed by atoms with Gasteiger partial charge in [0.05, 0.1) is 13.0 Å². The Labute approximate surface area is 174 Å². The Balaban J connectivity index is 5.33. The molecule has 0 aromatic rings. The Morgan fingerprint density at radius 3 is 1.97 bits per heavy atom. The molecular weight excluding hydrogens is 402 g/mol. The lowest BCUT2D eigenvalue weighted by molar-refractivity contribution is -0.143. The molecule has 3 atom stereocenters. The quantitative estimate of drug-likeness (QED) is 0.184. The highest BCUT2D eigenvalue weighted by molar-refractivity contribution is 7.98. The summed E-state index contributed by atoms with van der Waals surface area (Å²) in [6.07, 6.45) is 1.74. The topological polar surface area (TPSA) is 194 Å². The smallest absolute Gasteiger partial charge is 0.326 e. The summed E-state index contributed by atoms with van der Waals surface area (Å²) in [5, 5.41) is 16.4. The second kappa shape index (κ2) is 13.8. The number of rotatable bonds is 14. The van der Waals surface area contributed by atoms with E-state index in [2.05, 4.69) is 16.0 Å². The Morgan fingerprint density at radius 2 is 1.52 bits per heavy atom. The van der Waals surface area contributed by atoms with Gasteiger partial charge in [0.2, 0.25) is 23.6 Å². The number of carboxylic acid groups (broad SMARTS) is 1. The van der Waals surface area contributed by atoms with Gasteiger partial charge in [-0.1, -0.05) is 13.8 Å². The van der Waals surface area contributed by atoms with Crippen LogP contribution < -0.4 is 27.4 Å². The van der Waals surface area contributed by atoms with Gasteiger partial charge in [-0.2, -0.15) is 11.8 Å². The Morgan fingerprint density at radius 1 is 0.966 bits per heavy atom. The minimum Gasteiger partial charge on any atom is -0.480 e. The minimum atomic E-state index is -1.37. The third kappa shape index (κ3) is 11.3. The molecule has 4 amide bonds. The van der Waals surface area contributed by atoms with E-state index < -0.39 is 54.1 Å². The van der Waals surface area contributed by atoms with Crippen molar-refractivity contribution < 1.29 is 29.1 Å². The molecule has 0 rings (SSSR count). The number of primary amides is 1. The highest BCUT2D eigenvalue weighted by Crippen LogP contribution is 2.07. The molecule has 166 valence electrons. The number of nitrogens with two attached hydrogens (primary N) is 2. The average molecular weight is 434 g/mol. The number of carboxylic acids is 1. The molecule has 0 heterocycles. The predicted octanol–water partition coefficient (Wildman–Crippen LogP) is -1.84. The van der Waals surface area contributed by atoms with E-state index in [-0.39, 0.29) is 25.3 Å². The molecule has 0 bridgehead atoms. The molecule has 0 radical (unpaired) electrons. The molecule has 0 fully saturated rings. The van der Waals surface area contributed by atoms with E-state index in [0.717, 1.165) is 0 Å². The first-order valence-electron chi connectivity index (χ1n) is 9.11. The third-order valence-corrected chi connectivity index (χ3v) is 4.45. The van der Waals surface area contributed by atoms with E-state index >= 15 is 0 Å². The Kier molecular flexibility index (Phi) is 12.7. The first kappa shape index (κ1) is 26.7. The summed E-state index contributed by atoms with van der Waals surface area (Å²) in [5.41, 5.74) is 10.4. The Hall–Kier alpha value is -2.34. The summed E-state index contributed by atoms with van der Waals surface area (Å²) in [6.45, 7) is 3.27. The lowest BCUT2D eigenvalue weighted by Crippen LogP contribution is -2.57. The molecule has 12 heteroatoms. The van der Waals surface area contributed by atoms with Gasteiger partial charge in [0.1, 0.15) is 18.1 Å². The molecule has 0 spiro atoms.